The third-order valence-electron chi connectivity index (χ3n) is 5.45. The molecule has 0 bridgehead atoms. The van der Waals surface area contributed by atoms with E-state index in [1.807, 2.05) is 0 Å². The fraction of sp³-hybridized carbons (Fsp3) is 0.111. The SMILES string of the molecule is COc1cccc(C=C2C(=O)N(c3ccccc3)C(=S)N(c3ccccc3)C2=O)c1O[C@H](C)C(=O)O. The predicted molar refractivity (Wildman–Crippen MR) is 139 cm³/mol. The molecule has 3 aromatic carbocycles. The molecule has 1 atom stereocenters. The van der Waals surface area contributed by atoms with Gasteiger partial charge in [-0.3, -0.25) is 19.4 Å². The van der Waals surface area contributed by atoms with Crippen molar-refractivity contribution in [3.05, 3.63) is 90.0 Å². The first-order chi connectivity index (χ1) is 17.3. The maximum absolute atomic E-state index is 13.7. The molecule has 0 radical (unpaired) electrons. The molecule has 0 saturated carbocycles. The van der Waals surface area contributed by atoms with Crippen molar-refractivity contribution < 1.29 is 29.0 Å². The second-order valence-electron chi connectivity index (χ2n) is 7.77. The van der Waals surface area contributed by atoms with Crippen LogP contribution in [0.5, 0.6) is 11.5 Å². The summed E-state index contributed by atoms with van der Waals surface area (Å²) in [5.41, 5.74) is 1.10. The molecule has 4 rings (SSSR count). The number of carboxylic acid groups (broad SMARTS) is 1. The van der Waals surface area contributed by atoms with Gasteiger partial charge >= 0.3 is 5.97 Å². The van der Waals surface area contributed by atoms with Crippen molar-refractivity contribution in [2.75, 3.05) is 16.9 Å². The Labute approximate surface area is 213 Å². The Morgan fingerprint density at radius 1 is 0.889 bits per heavy atom. The number of ether oxygens (including phenoxy) is 2. The van der Waals surface area contributed by atoms with E-state index >= 15 is 0 Å². The predicted octanol–water partition coefficient (Wildman–Crippen LogP) is 4.30. The highest BCUT2D eigenvalue weighted by Crippen LogP contribution is 2.36. The van der Waals surface area contributed by atoms with Crippen LogP contribution in [0.4, 0.5) is 11.4 Å². The smallest absolute Gasteiger partial charge is 0.344 e. The molecule has 1 heterocycles. The van der Waals surface area contributed by atoms with Gasteiger partial charge < -0.3 is 14.6 Å². The van der Waals surface area contributed by atoms with Gasteiger partial charge in [0.1, 0.15) is 5.57 Å². The maximum Gasteiger partial charge on any atom is 0.344 e. The molecule has 1 aliphatic rings. The molecular formula is C27H22N2O6S. The van der Waals surface area contributed by atoms with E-state index in [1.165, 1.54) is 29.9 Å². The molecule has 1 saturated heterocycles. The lowest BCUT2D eigenvalue weighted by molar-refractivity contribution is -0.144. The number of hydrogen-bond donors (Lipinski definition) is 1. The van der Waals surface area contributed by atoms with Crippen molar-refractivity contribution in [3.8, 4) is 11.5 Å². The van der Waals surface area contributed by atoms with Gasteiger partial charge in [-0.2, -0.15) is 0 Å². The Morgan fingerprint density at radius 3 is 1.89 bits per heavy atom. The minimum absolute atomic E-state index is 0.0150. The molecule has 1 fully saturated rings. The minimum Gasteiger partial charge on any atom is -0.493 e. The summed E-state index contributed by atoms with van der Waals surface area (Å²) in [5, 5.41) is 9.35. The van der Waals surface area contributed by atoms with Gasteiger partial charge in [0.25, 0.3) is 11.8 Å². The van der Waals surface area contributed by atoms with Gasteiger partial charge in [-0.05, 0) is 55.5 Å². The van der Waals surface area contributed by atoms with Crippen molar-refractivity contribution in [3.63, 3.8) is 0 Å². The number of methoxy groups -OCH3 is 1. The lowest BCUT2D eigenvalue weighted by Gasteiger charge is -2.36. The fourth-order valence-electron chi connectivity index (χ4n) is 3.66. The summed E-state index contributed by atoms with van der Waals surface area (Å²) >= 11 is 5.61. The van der Waals surface area contributed by atoms with Crippen molar-refractivity contribution in [2.24, 2.45) is 0 Å². The highest BCUT2D eigenvalue weighted by atomic mass is 32.1. The molecule has 1 N–H and O–H groups in total. The maximum atomic E-state index is 13.7. The van der Waals surface area contributed by atoms with E-state index in [9.17, 15) is 19.5 Å². The van der Waals surface area contributed by atoms with Gasteiger partial charge in [0.05, 0.1) is 18.5 Å². The van der Waals surface area contributed by atoms with Crippen LogP contribution in [-0.4, -0.2) is 41.2 Å². The number of rotatable bonds is 7. The second kappa shape index (κ2) is 10.4. The monoisotopic (exact) mass is 502 g/mol. The summed E-state index contributed by atoms with van der Waals surface area (Å²) in [6.45, 7) is 1.37. The summed E-state index contributed by atoms with van der Waals surface area (Å²) in [5.74, 6) is -2.08. The van der Waals surface area contributed by atoms with Crippen LogP contribution in [0.1, 0.15) is 12.5 Å². The molecule has 8 nitrogen and oxygen atoms in total. The first-order valence-corrected chi connectivity index (χ1v) is 11.4. The Kier molecular flexibility index (Phi) is 7.12. The van der Waals surface area contributed by atoms with Gasteiger partial charge in [0.15, 0.2) is 22.7 Å². The number of aliphatic carboxylic acids is 1. The van der Waals surface area contributed by atoms with E-state index in [0.717, 1.165) is 0 Å². The number of amides is 2. The zero-order valence-corrected chi connectivity index (χ0v) is 20.3. The van der Waals surface area contributed by atoms with Gasteiger partial charge in [-0.25, -0.2) is 4.79 Å². The lowest BCUT2D eigenvalue weighted by atomic mass is 10.0. The Hall–Kier alpha value is -4.50. The molecule has 9 heteroatoms. The lowest BCUT2D eigenvalue weighted by Crippen LogP contribution is -2.56. The van der Waals surface area contributed by atoms with Gasteiger partial charge in [-0.15, -0.1) is 0 Å². The minimum atomic E-state index is -1.20. The summed E-state index contributed by atoms with van der Waals surface area (Å²) in [4.78, 5) is 41.4. The third kappa shape index (κ3) is 4.69. The summed E-state index contributed by atoms with van der Waals surface area (Å²) in [7, 11) is 1.41. The second-order valence-corrected chi connectivity index (χ2v) is 8.13. The van der Waals surface area contributed by atoms with E-state index in [0.29, 0.717) is 16.9 Å². The van der Waals surface area contributed by atoms with Crippen LogP contribution in [-0.2, 0) is 14.4 Å². The van der Waals surface area contributed by atoms with Gasteiger partial charge in [-0.1, -0.05) is 48.5 Å². The van der Waals surface area contributed by atoms with E-state index in [4.69, 9.17) is 21.7 Å². The number of anilines is 2. The quantitative estimate of drug-likeness (QED) is 0.292. The molecule has 3 aromatic rings. The standard InChI is InChI=1S/C27H22N2O6S/c1-17(26(32)33)35-23-18(10-9-15-22(23)34-2)16-21-24(30)28(19-11-5-3-6-12-19)27(36)29(25(21)31)20-13-7-4-8-14-20/h3-17H,1-2H3,(H,32,33)/t17-/m1/s1. The fourth-order valence-corrected chi connectivity index (χ4v) is 4.03. The molecular weight excluding hydrogens is 480 g/mol. The average molecular weight is 503 g/mol. The summed E-state index contributed by atoms with van der Waals surface area (Å²) in [6, 6.07) is 22.4. The van der Waals surface area contributed by atoms with Crippen molar-refractivity contribution >= 4 is 52.6 Å². The molecule has 0 spiro atoms. The number of carboxylic acids is 1. The first kappa shape index (κ1) is 24.6. The summed E-state index contributed by atoms with van der Waals surface area (Å²) in [6.07, 6.45) is 0.163. The number of hydrogen-bond acceptors (Lipinski definition) is 6. The number of thiocarbonyl (C=S) groups is 1. The summed E-state index contributed by atoms with van der Waals surface area (Å²) < 4.78 is 11.0. The van der Waals surface area contributed by atoms with E-state index in [1.54, 1.807) is 78.9 Å². The van der Waals surface area contributed by atoms with Crippen LogP contribution in [0.25, 0.3) is 6.08 Å². The molecule has 36 heavy (non-hydrogen) atoms. The Bertz CT molecular complexity index is 1290. The molecule has 0 aliphatic carbocycles. The largest absolute Gasteiger partial charge is 0.493 e. The van der Waals surface area contributed by atoms with Crippen molar-refractivity contribution in [2.45, 2.75) is 13.0 Å². The number of nitrogens with zero attached hydrogens (tertiary/aromatic N) is 2. The van der Waals surface area contributed by atoms with Crippen molar-refractivity contribution in [1.82, 2.24) is 0 Å². The average Bonchev–Trinajstić information content (AvgIpc) is 2.88. The molecule has 182 valence electrons. The molecule has 0 aromatic heterocycles. The highest BCUT2D eigenvalue weighted by Gasteiger charge is 2.41. The first-order valence-electron chi connectivity index (χ1n) is 10.9. The highest BCUT2D eigenvalue weighted by molar-refractivity contribution is 7.81. The van der Waals surface area contributed by atoms with Crippen LogP contribution in [0.15, 0.2) is 84.4 Å². The van der Waals surface area contributed by atoms with Gasteiger partial charge in [0, 0.05) is 5.56 Å². The number of para-hydroxylation sites is 3. The van der Waals surface area contributed by atoms with E-state index in [2.05, 4.69) is 0 Å². The third-order valence-corrected chi connectivity index (χ3v) is 5.82. The van der Waals surface area contributed by atoms with E-state index in [-0.39, 0.29) is 22.2 Å². The zero-order valence-electron chi connectivity index (χ0n) is 19.5. The van der Waals surface area contributed by atoms with E-state index < -0.39 is 23.9 Å². The van der Waals surface area contributed by atoms with Crippen LogP contribution >= 0.6 is 12.2 Å². The number of carbonyl (C=O) groups excluding carboxylic acids is 2. The van der Waals surface area contributed by atoms with Crippen LogP contribution < -0.4 is 19.3 Å². The Balaban J connectivity index is 1.89. The van der Waals surface area contributed by atoms with Crippen LogP contribution in [0, 0.1) is 0 Å². The van der Waals surface area contributed by atoms with Gasteiger partial charge in [0.2, 0.25) is 0 Å². The van der Waals surface area contributed by atoms with Crippen LogP contribution in [0.3, 0.4) is 0 Å². The van der Waals surface area contributed by atoms with Crippen molar-refractivity contribution in [1.29, 1.82) is 0 Å². The Morgan fingerprint density at radius 2 is 1.42 bits per heavy atom. The normalized spacial score (nSPS) is 14.5. The molecule has 2 amide bonds. The zero-order chi connectivity index (χ0) is 25.8. The molecule has 1 aliphatic heterocycles. The van der Waals surface area contributed by atoms with Crippen LogP contribution in [0.2, 0.25) is 0 Å². The number of benzene rings is 3. The molecule has 0 unspecified atom stereocenters. The number of carbonyl (C=O) groups is 3. The topological polar surface area (TPSA) is 96.4 Å².